The van der Waals surface area contributed by atoms with Crippen molar-refractivity contribution in [2.45, 2.75) is 39.0 Å². The van der Waals surface area contributed by atoms with E-state index in [2.05, 4.69) is 29.3 Å². The van der Waals surface area contributed by atoms with Crippen LogP contribution < -0.4 is 10.2 Å². The Morgan fingerprint density at radius 1 is 0.962 bits per heavy atom. The zero-order chi connectivity index (χ0) is 18.8. The normalized spacial score (nSPS) is 10.9. The van der Waals surface area contributed by atoms with E-state index in [1.54, 1.807) is 12.3 Å². The first-order valence-electron chi connectivity index (χ1n) is 9.44. The summed E-state index contributed by atoms with van der Waals surface area (Å²) in [6.45, 7) is 2.22. The van der Waals surface area contributed by atoms with Crippen LogP contribution in [0.3, 0.4) is 0 Å². The van der Waals surface area contributed by atoms with E-state index < -0.39 is 0 Å². The zero-order valence-corrected chi connectivity index (χ0v) is 16.2. The number of aryl methyl sites for hydroxylation is 1. The molecule has 0 aliphatic rings. The molecule has 1 N–H and O–H groups in total. The smallest absolute Gasteiger partial charge is 0.187 e. The van der Waals surface area contributed by atoms with Gasteiger partial charge >= 0.3 is 0 Å². The average molecular weight is 351 g/mol. The number of anilines is 2. The summed E-state index contributed by atoms with van der Waals surface area (Å²) in [5.74, 6) is 0.0138. The number of benzene rings is 2. The van der Waals surface area contributed by atoms with Crippen LogP contribution in [-0.4, -0.2) is 19.9 Å². The van der Waals surface area contributed by atoms with Crippen LogP contribution in [0.25, 0.3) is 0 Å². The molecule has 0 atom stereocenters. The van der Waals surface area contributed by atoms with Gasteiger partial charge in [-0.25, -0.2) is 0 Å². The third-order valence-electron chi connectivity index (χ3n) is 4.43. The monoisotopic (exact) mass is 350 g/mol. The Morgan fingerprint density at radius 3 is 2.27 bits per heavy atom. The molecule has 138 valence electrons. The van der Waals surface area contributed by atoms with Crippen LogP contribution >= 0.6 is 0 Å². The Kier molecular flexibility index (Phi) is 7.94. The van der Waals surface area contributed by atoms with Gasteiger partial charge in [-0.15, -0.1) is 0 Å². The highest BCUT2D eigenvalue weighted by Gasteiger charge is 2.02. The molecule has 0 saturated heterocycles. The molecule has 2 aromatic carbocycles. The van der Waals surface area contributed by atoms with Crippen LogP contribution in [0.15, 0.2) is 60.8 Å². The fourth-order valence-electron chi connectivity index (χ4n) is 2.76. The van der Waals surface area contributed by atoms with Gasteiger partial charge in [-0.05, 0) is 42.7 Å². The van der Waals surface area contributed by atoms with Gasteiger partial charge in [-0.2, -0.15) is 0 Å². The van der Waals surface area contributed by atoms with Crippen molar-refractivity contribution in [3.63, 3.8) is 0 Å². The quantitative estimate of drug-likeness (QED) is 0.340. The fourth-order valence-corrected chi connectivity index (χ4v) is 2.76. The molecule has 0 unspecified atom stereocenters. The largest absolute Gasteiger partial charge is 0.378 e. The molecule has 2 rings (SSSR count). The number of unbranched alkanes of at least 4 members (excludes halogenated alkanes) is 3. The summed E-state index contributed by atoms with van der Waals surface area (Å²) in [5.41, 5.74) is 4.14. The lowest BCUT2D eigenvalue weighted by molar-refractivity contribution is 0.104. The summed E-state index contributed by atoms with van der Waals surface area (Å²) in [6, 6.07) is 16.1. The maximum atomic E-state index is 12.3. The van der Waals surface area contributed by atoms with Gasteiger partial charge in [0.25, 0.3) is 0 Å². The van der Waals surface area contributed by atoms with Crippen molar-refractivity contribution >= 4 is 17.2 Å². The minimum Gasteiger partial charge on any atom is -0.378 e. The van der Waals surface area contributed by atoms with Crippen molar-refractivity contribution in [3.05, 3.63) is 71.9 Å². The summed E-state index contributed by atoms with van der Waals surface area (Å²) < 4.78 is 0. The number of hydrogen-bond donors (Lipinski definition) is 1. The molecule has 3 nitrogen and oxygen atoms in total. The van der Waals surface area contributed by atoms with Crippen LogP contribution in [-0.2, 0) is 6.42 Å². The van der Waals surface area contributed by atoms with Crippen LogP contribution in [0.1, 0.15) is 48.5 Å². The van der Waals surface area contributed by atoms with E-state index in [0.717, 1.165) is 23.4 Å². The molecule has 3 heteroatoms. The molecule has 0 fully saturated rings. The van der Waals surface area contributed by atoms with E-state index in [1.165, 1.54) is 31.2 Å². The van der Waals surface area contributed by atoms with E-state index in [-0.39, 0.29) is 5.78 Å². The lowest BCUT2D eigenvalue weighted by atomic mass is 10.0. The van der Waals surface area contributed by atoms with Gasteiger partial charge in [0.1, 0.15) is 0 Å². The Bertz CT molecular complexity index is 700. The Labute approximate surface area is 157 Å². The zero-order valence-electron chi connectivity index (χ0n) is 16.2. The van der Waals surface area contributed by atoms with Gasteiger partial charge in [-0.3, -0.25) is 4.79 Å². The summed E-state index contributed by atoms with van der Waals surface area (Å²) in [5, 5.41) is 3.14. The van der Waals surface area contributed by atoms with Gasteiger partial charge in [0.2, 0.25) is 0 Å². The SMILES string of the molecule is CCCCCCc1ccc(C(=O)C=CNc2ccc(N(C)C)cc2)cc1. The molecule has 0 aliphatic heterocycles. The number of nitrogens with zero attached hydrogens (tertiary/aromatic N) is 1. The van der Waals surface area contributed by atoms with Crippen molar-refractivity contribution in [1.29, 1.82) is 0 Å². The van der Waals surface area contributed by atoms with E-state index in [9.17, 15) is 4.79 Å². The van der Waals surface area contributed by atoms with Crippen molar-refractivity contribution < 1.29 is 4.79 Å². The second-order valence-electron chi connectivity index (χ2n) is 6.79. The third kappa shape index (κ3) is 6.40. The summed E-state index contributed by atoms with van der Waals surface area (Å²) >= 11 is 0. The number of carbonyl (C=O) groups is 1. The van der Waals surface area contributed by atoms with Crippen LogP contribution in [0, 0.1) is 0 Å². The lowest BCUT2D eigenvalue weighted by Crippen LogP contribution is -2.08. The number of hydrogen-bond acceptors (Lipinski definition) is 3. The second kappa shape index (κ2) is 10.4. The first-order chi connectivity index (χ1) is 12.6. The van der Waals surface area contributed by atoms with Crippen LogP contribution in [0.2, 0.25) is 0 Å². The number of allylic oxidation sites excluding steroid dienone is 1. The molecule has 0 heterocycles. The highest BCUT2D eigenvalue weighted by atomic mass is 16.1. The maximum absolute atomic E-state index is 12.3. The molecular weight excluding hydrogens is 320 g/mol. The molecule has 26 heavy (non-hydrogen) atoms. The van der Waals surface area contributed by atoms with Crippen molar-refractivity contribution in [3.8, 4) is 0 Å². The van der Waals surface area contributed by atoms with Crippen molar-refractivity contribution in [1.82, 2.24) is 0 Å². The molecule has 0 bridgehead atoms. The predicted molar refractivity (Wildman–Crippen MR) is 112 cm³/mol. The predicted octanol–water partition coefficient (Wildman–Crippen LogP) is 5.68. The first kappa shape index (κ1) is 19.8. The molecule has 0 spiro atoms. The Hall–Kier alpha value is -2.55. The van der Waals surface area contributed by atoms with Crippen LogP contribution in [0.4, 0.5) is 11.4 Å². The Morgan fingerprint density at radius 2 is 1.65 bits per heavy atom. The topological polar surface area (TPSA) is 32.3 Å². The summed E-state index contributed by atoms with van der Waals surface area (Å²) in [4.78, 5) is 14.3. The van der Waals surface area contributed by atoms with Crippen molar-refractivity contribution in [2.24, 2.45) is 0 Å². The lowest BCUT2D eigenvalue weighted by Gasteiger charge is -2.12. The van der Waals surface area contributed by atoms with E-state index in [1.807, 2.05) is 50.5 Å². The molecule has 0 aromatic heterocycles. The fraction of sp³-hybridized carbons (Fsp3) is 0.348. The minimum absolute atomic E-state index is 0.0138. The summed E-state index contributed by atoms with van der Waals surface area (Å²) in [6.07, 6.45) is 9.43. The number of ketones is 1. The van der Waals surface area contributed by atoms with Crippen molar-refractivity contribution in [2.75, 3.05) is 24.3 Å². The number of rotatable bonds is 10. The molecule has 0 amide bonds. The van der Waals surface area contributed by atoms with E-state index in [4.69, 9.17) is 0 Å². The van der Waals surface area contributed by atoms with E-state index in [0.29, 0.717) is 0 Å². The highest BCUT2D eigenvalue weighted by molar-refractivity contribution is 6.04. The van der Waals surface area contributed by atoms with Crippen LogP contribution in [0.5, 0.6) is 0 Å². The molecule has 0 radical (unpaired) electrons. The molecule has 0 saturated carbocycles. The number of nitrogens with one attached hydrogen (secondary N) is 1. The van der Waals surface area contributed by atoms with Gasteiger partial charge in [0, 0.05) is 43.3 Å². The maximum Gasteiger partial charge on any atom is 0.187 e. The second-order valence-corrected chi connectivity index (χ2v) is 6.79. The van der Waals surface area contributed by atoms with Gasteiger partial charge in [0.15, 0.2) is 5.78 Å². The first-order valence-corrected chi connectivity index (χ1v) is 9.44. The molecule has 0 aliphatic carbocycles. The summed E-state index contributed by atoms with van der Waals surface area (Å²) in [7, 11) is 4.02. The third-order valence-corrected chi connectivity index (χ3v) is 4.43. The van der Waals surface area contributed by atoms with Gasteiger partial charge < -0.3 is 10.2 Å². The molecular formula is C23H30N2O. The Balaban J connectivity index is 1.83. The number of carbonyl (C=O) groups excluding carboxylic acids is 1. The molecule has 2 aromatic rings. The van der Waals surface area contributed by atoms with E-state index >= 15 is 0 Å². The highest BCUT2D eigenvalue weighted by Crippen LogP contribution is 2.16. The minimum atomic E-state index is 0.0138. The average Bonchev–Trinajstić information content (AvgIpc) is 2.66. The van der Waals surface area contributed by atoms with Gasteiger partial charge in [-0.1, -0.05) is 50.5 Å². The standard InChI is InChI=1S/C23H30N2O/c1-4-5-6-7-8-19-9-11-20(12-10-19)23(26)17-18-24-21-13-15-22(16-14-21)25(2)3/h9-18,24H,4-8H2,1-3H3. The van der Waals surface area contributed by atoms with Gasteiger partial charge in [0.05, 0.1) is 0 Å².